The van der Waals surface area contributed by atoms with Crippen molar-refractivity contribution in [3.63, 3.8) is 0 Å². The van der Waals surface area contributed by atoms with Gasteiger partial charge in [0.15, 0.2) is 0 Å². The molecule has 0 aliphatic carbocycles. The SMILES string of the molecule is C=CCCCCCCC=CCCCCCCCCCCCC. The Morgan fingerprint density at radius 1 is 0.500 bits per heavy atom. The molecule has 0 heteroatoms. The van der Waals surface area contributed by atoms with Crippen LogP contribution in [0, 0.1) is 0 Å². The number of rotatable bonds is 18. The highest BCUT2D eigenvalue weighted by atomic mass is 14.0. The van der Waals surface area contributed by atoms with Gasteiger partial charge in [0.05, 0.1) is 0 Å². The zero-order valence-corrected chi connectivity index (χ0v) is 15.5. The zero-order valence-electron chi connectivity index (χ0n) is 15.5. The van der Waals surface area contributed by atoms with Crippen molar-refractivity contribution in [3.05, 3.63) is 24.8 Å². The third kappa shape index (κ3) is 19.5. The van der Waals surface area contributed by atoms with Crippen LogP contribution in [0.25, 0.3) is 0 Å². The van der Waals surface area contributed by atoms with Crippen molar-refractivity contribution in [2.45, 2.75) is 116 Å². The summed E-state index contributed by atoms with van der Waals surface area (Å²) >= 11 is 0. The molecular weight excluding hydrogens is 264 g/mol. The van der Waals surface area contributed by atoms with Gasteiger partial charge in [-0.25, -0.2) is 0 Å². The fourth-order valence-corrected chi connectivity index (χ4v) is 2.89. The van der Waals surface area contributed by atoms with E-state index in [4.69, 9.17) is 0 Å². The van der Waals surface area contributed by atoms with Gasteiger partial charge in [0.1, 0.15) is 0 Å². The molecule has 22 heavy (non-hydrogen) atoms. The average Bonchev–Trinajstić information content (AvgIpc) is 2.54. The van der Waals surface area contributed by atoms with Crippen LogP contribution in [0.2, 0.25) is 0 Å². The first-order chi connectivity index (χ1) is 10.9. The fourth-order valence-electron chi connectivity index (χ4n) is 2.89. The van der Waals surface area contributed by atoms with Crippen molar-refractivity contribution in [2.75, 3.05) is 0 Å². The molecule has 130 valence electrons. The van der Waals surface area contributed by atoms with E-state index in [2.05, 4.69) is 25.7 Å². The Labute approximate surface area is 141 Å². The maximum absolute atomic E-state index is 3.76. The van der Waals surface area contributed by atoms with Gasteiger partial charge < -0.3 is 0 Å². The predicted molar refractivity (Wildman–Crippen MR) is 104 cm³/mol. The van der Waals surface area contributed by atoms with E-state index >= 15 is 0 Å². The Bertz CT molecular complexity index is 226. The predicted octanol–water partition coefficient (Wildman–Crippen LogP) is 8.38. The number of hydrogen-bond acceptors (Lipinski definition) is 0. The van der Waals surface area contributed by atoms with E-state index in [-0.39, 0.29) is 0 Å². The molecule has 0 unspecified atom stereocenters. The van der Waals surface area contributed by atoms with Crippen LogP contribution < -0.4 is 0 Å². The van der Waals surface area contributed by atoms with E-state index in [0.717, 1.165) is 0 Å². The van der Waals surface area contributed by atoms with Crippen LogP contribution in [0.3, 0.4) is 0 Å². The van der Waals surface area contributed by atoms with E-state index in [1.807, 2.05) is 6.08 Å². The number of unbranched alkanes of at least 4 members (excludes halogenated alkanes) is 15. The fraction of sp³-hybridized carbons (Fsp3) is 0.818. The third-order valence-electron chi connectivity index (χ3n) is 4.42. The van der Waals surface area contributed by atoms with Crippen LogP contribution in [0.5, 0.6) is 0 Å². The molecule has 0 heterocycles. The second kappa shape index (κ2) is 20.5. The van der Waals surface area contributed by atoms with Crippen LogP contribution in [0.4, 0.5) is 0 Å². The van der Waals surface area contributed by atoms with Crippen molar-refractivity contribution in [2.24, 2.45) is 0 Å². The summed E-state index contributed by atoms with van der Waals surface area (Å²) in [7, 11) is 0. The lowest BCUT2D eigenvalue weighted by atomic mass is 10.1. The molecular formula is C22H42. The monoisotopic (exact) mass is 306 g/mol. The number of allylic oxidation sites excluding steroid dienone is 3. The molecule has 0 amide bonds. The average molecular weight is 307 g/mol. The van der Waals surface area contributed by atoms with Gasteiger partial charge in [-0.15, -0.1) is 6.58 Å². The Morgan fingerprint density at radius 2 is 0.864 bits per heavy atom. The van der Waals surface area contributed by atoms with Gasteiger partial charge in [-0.1, -0.05) is 95.8 Å². The second-order valence-corrected chi connectivity index (χ2v) is 6.72. The highest BCUT2D eigenvalue weighted by Gasteiger charge is 1.92. The zero-order chi connectivity index (χ0) is 16.1. The van der Waals surface area contributed by atoms with Crippen LogP contribution in [-0.4, -0.2) is 0 Å². The Kier molecular flexibility index (Phi) is 20.0. The molecule has 0 bridgehead atoms. The van der Waals surface area contributed by atoms with Gasteiger partial charge in [0, 0.05) is 0 Å². The third-order valence-corrected chi connectivity index (χ3v) is 4.42. The molecule has 0 saturated carbocycles. The first-order valence-corrected chi connectivity index (χ1v) is 10.2. The molecule has 0 rings (SSSR count). The molecule has 0 saturated heterocycles. The van der Waals surface area contributed by atoms with Gasteiger partial charge in [-0.3, -0.25) is 0 Å². The smallest absolute Gasteiger partial charge is 0.0351 e. The summed E-state index contributed by atoms with van der Waals surface area (Å²) in [6.07, 6.45) is 30.4. The Hall–Kier alpha value is -0.520. The van der Waals surface area contributed by atoms with E-state index in [1.165, 1.54) is 109 Å². The maximum atomic E-state index is 3.76. The minimum absolute atomic E-state index is 1.19. The largest absolute Gasteiger partial charge is 0.103 e. The van der Waals surface area contributed by atoms with Crippen LogP contribution in [-0.2, 0) is 0 Å². The summed E-state index contributed by atoms with van der Waals surface area (Å²) in [4.78, 5) is 0. The summed E-state index contributed by atoms with van der Waals surface area (Å²) in [5, 5.41) is 0. The molecule has 0 aromatic carbocycles. The van der Waals surface area contributed by atoms with Gasteiger partial charge in [0.25, 0.3) is 0 Å². The Morgan fingerprint density at radius 3 is 1.27 bits per heavy atom. The first-order valence-electron chi connectivity index (χ1n) is 10.2. The highest BCUT2D eigenvalue weighted by molar-refractivity contribution is 4.81. The van der Waals surface area contributed by atoms with Crippen LogP contribution in [0.15, 0.2) is 24.8 Å². The quantitative estimate of drug-likeness (QED) is 0.176. The molecule has 0 fully saturated rings. The first kappa shape index (κ1) is 21.5. The van der Waals surface area contributed by atoms with Crippen molar-refractivity contribution < 1.29 is 0 Å². The summed E-state index contributed by atoms with van der Waals surface area (Å²) in [5.41, 5.74) is 0. The standard InChI is InChI=1S/C22H42/c1-3-5-7-9-11-13-15-17-19-21-22-20-18-16-14-12-10-8-6-4-2/h3,17,19H,1,4-16,18,20-22H2,2H3. The maximum Gasteiger partial charge on any atom is -0.0351 e. The van der Waals surface area contributed by atoms with Gasteiger partial charge in [-0.05, 0) is 38.5 Å². The molecule has 0 atom stereocenters. The molecule has 0 aromatic heterocycles. The molecule has 0 aliphatic rings. The van der Waals surface area contributed by atoms with E-state index in [1.54, 1.807) is 0 Å². The second-order valence-electron chi connectivity index (χ2n) is 6.72. The molecule has 0 N–H and O–H groups in total. The van der Waals surface area contributed by atoms with Crippen LogP contribution in [0.1, 0.15) is 116 Å². The van der Waals surface area contributed by atoms with Crippen molar-refractivity contribution in [1.29, 1.82) is 0 Å². The minimum Gasteiger partial charge on any atom is -0.103 e. The molecule has 0 radical (unpaired) electrons. The van der Waals surface area contributed by atoms with E-state index in [9.17, 15) is 0 Å². The normalized spacial score (nSPS) is 11.3. The highest BCUT2D eigenvalue weighted by Crippen LogP contribution is 2.12. The van der Waals surface area contributed by atoms with Gasteiger partial charge in [-0.2, -0.15) is 0 Å². The molecule has 0 aromatic rings. The van der Waals surface area contributed by atoms with Crippen molar-refractivity contribution in [1.82, 2.24) is 0 Å². The summed E-state index contributed by atoms with van der Waals surface area (Å²) in [6, 6.07) is 0. The summed E-state index contributed by atoms with van der Waals surface area (Å²) in [5.74, 6) is 0. The topological polar surface area (TPSA) is 0 Å². The number of hydrogen-bond donors (Lipinski definition) is 0. The molecule has 0 spiro atoms. The van der Waals surface area contributed by atoms with Crippen molar-refractivity contribution >= 4 is 0 Å². The lowest BCUT2D eigenvalue weighted by molar-refractivity contribution is 0.557. The lowest BCUT2D eigenvalue weighted by Gasteiger charge is -2.01. The Balaban J connectivity index is 3.03. The van der Waals surface area contributed by atoms with Gasteiger partial charge in [0.2, 0.25) is 0 Å². The van der Waals surface area contributed by atoms with E-state index in [0.29, 0.717) is 0 Å². The molecule has 0 nitrogen and oxygen atoms in total. The van der Waals surface area contributed by atoms with E-state index < -0.39 is 0 Å². The summed E-state index contributed by atoms with van der Waals surface area (Å²) < 4.78 is 0. The van der Waals surface area contributed by atoms with Crippen LogP contribution >= 0.6 is 0 Å². The summed E-state index contributed by atoms with van der Waals surface area (Å²) in [6.45, 7) is 6.05. The van der Waals surface area contributed by atoms with Gasteiger partial charge >= 0.3 is 0 Å². The molecule has 0 aliphatic heterocycles. The minimum atomic E-state index is 1.19. The lowest BCUT2D eigenvalue weighted by Crippen LogP contribution is -1.81. The van der Waals surface area contributed by atoms with Crippen molar-refractivity contribution in [3.8, 4) is 0 Å².